The van der Waals surface area contributed by atoms with E-state index in [2.05, 4.69) is 25.6 Å². The topological polar surface area (TPSA) is 93.4 Å². The van der Waals surface area contributed by atoms with Gasteiger partial charge in [0.1, 0.15) is 5.52 Å². The number of aromatic nitrogens is 5. The van der Waals surface area contributed by atoms with E-state index in [-0.39, 0.29) is 6.04 Å². The van der Waals surface area contributed by atoms with Crippen molar-refractivity contribution in [3.63, 3.8) is 0 Å². The second-order valence-electron chi connectivity index (χ2n) is 5.78. The molecule has 0 aliphatic rings. The van der Waals surface area contributed by atoms with Gasteiger partial charge in [-0.05, 0) is 29.0 Å². The smallest absolute Gasteiger partial charge is 0.291 e. The second kappa shape index (κ2) is 6.20. The molecule has 0 fully saturated rings. The predicted molar refractivity (Wildman–Crippen MR) is 94.6 cm³/mol. The highest BCUT2D eigenvalue weighted by atomic mass is 16.5. The molecular formula is C18H16N6O. The van der Waals surface area contributed by atoms with E-state index in [4.69, 9.17) is 0 Å². The molecule has 0 unspecified atom stereocenters. The van der Waals surface area contributed by atoms with Crippen LogP contribution >= 0.6 is 0 Å². The Morgan fingerprint density at radius 2 is 1.96 bits per heavy atom. The lowest BCUT2D eigenvalue weighted by molar-refractivity contribution is -0.641. The van der Waals surface area contributed by atoms with Crippen molar-refractivity contribution in [1.82, 2.24) is 20.3 Å². The third kappa shape index (κ3) is 2.99. The van der Waals surface area contributed by atoms with Crippen LogP contribution in [0.15, 0.2) is 60.9 Å². The molecule has 2 heterocycles. The van der Waals surface area contributed by atoms with E-state index in [1.807, 2.05) is 49.4 Å². The van der Waals surface area contributed by atoms with Gasteiger partial charge in [-0.2, -0.15) is 5.10 Å². The molecule has 0 amide bonds. The van der Waals surface area contributed by atoms with E-state index in [0.29, 0.717) is 21.8 Å². The van der Waals surface area contributed by atoms with Crippen LogP contribution in [0.3, 0.4) is 0 Å². The highest BCUT2D eigenvalue weighted by molar-refractivity contribution is 5.79. The number of benzene rings is 2. The Morgan fingerprint density at radius 1 is 1.12 bits per heavy atom. The number of rotatable bonds is 4. The lowest BCUT2D eigenvalue weighted by Gasteiger charge is -2.13. The molecule has 7 nitrogen and oxygen atoms in total. The average molecular weight is 332 g/mol. The van der Waals surface area contributed by atoms with Crippen LogP contribution in [0.5, 0.6) is 0 Å². The number of fused-ring (bicyclic) bond motifs is 1. The average Bonchev–Trinajstić information content (AvgIpc) is 3.17. The number of hydrogen-bond acceptors (Lipinski definition) is 5. The summed E-state index contributed by atoms with van der Waals surface area (Å²) >= 11 is 0. The van der Waals surface area contributed by atoms with Crippen LogP contribution in [0.25, 0.3) is 22.2 Å². The van der Waals surface area contributed by atoms with Crippen molar-refractivity contribution in [3.8, 4) is 11.1 Å². The normalized spacial score (nSPS) is 12.2. The van der Waals surface area contributed by atoms with Gasteiger partial charge >= 0.3 is 0 Å². The summed E-state index contributed by atoms with van der Waals surface area (Å²) in [5.41, 5.74) is 3.88. The maximum absolute atomic E-state index is 12.3. The van der Waals surface area contributed by atoms with E-state index in [9.17, 15) is 5.21 Å². The summed E-state index contributed by atoms with van der Waals surface area (Å²) in [6, 6.07) is 15.4. The van der Waals surface area contributed by atoms with Gasteiger partial charge in [0.2, 0.25) is 0 Å². The SMILES string of the molecule is C[C@@H](Nc1nc2ccc(-c3cn[nH]c3)cc2[n+]([O-])n1)c1ccccc1. The van der Waals surface area contributed by atoms with Crippen molar-refractivity contribution in [2.24, 2.45) is 0 Å². The Hall–Kier alpha value is -3.48. The molecule has 0 saturated carbocycles. The number of nitrogens with one attached hydrogen (secondary N) is 2. The summed E-state index contributed by atoms with van der Waals surface area (Å²) in [7, 11) is 0. The summed E-state index contributed by atoms with van der Waals surface area (Å²) in [4.78, 5) is 5.06. The van der Waals surface area contributed by atoms with Crippen LogP contribution in [0.1, 0.15) is 18.5 Å². The molecular weight excluding hydrogens is 316 g/mol. The minimum atomic E-state index is -0.0103. The molecule has 0 spiro atoms. The lowest BCUT2D eigenvalue weighted by Crippen LogP contribution is -2.34. The van der Waals surface area contributed by atoms with E-state index in [1.54, 1.807) is 18.5 Å². The van der Waals surface area contributed by atoms with Gasteiger partial charge < -0.3 is 10.5 Å². The van der Waals surface area contributed by atoms with Gasteiger partial charge in [0.05, 0.1) is 17.3 Å². The van der Waals surface area contributed by atoms with Crippen LogP contribution in [-0.4, -0.2) is 20.3 Å². The molecule has 2 N–H and O–H groups in total. The quantitative estimate of drug-likeness (QED) is 0.443. The molecule has 1 atom stereocenters. The Kier molecular flexibility index (Phi) is 3.74. The Balaban J connectivity index is 1.67. The number of aromatic amines is 1. The van der Waals surface area contributed by atoms with E-state index in [0.717, 1.165) is 16.7 Å². The first-order valence-corrected chi connectivity index (χ1v) is 7.93. The summed E-state index contributed by atoms with van der Waals surface area (Å²) in [5.74, 6) is 0.301. The highest BCUT2D eigenvalue weighted by Crippen LogP contribution is 2.22. The van der Waals surface area contributed by atoms with Gasteiger partial charge in [-0.25, -0.2) is 4.98 Å². The zero-order valence-electron chi connectivity index (χ0n) is 13.5. The first-order chi connectivity index (χ1) is 12.2. The molecule has 2 aromatic heterocycles. The standard InChI is InChI=1S/C18H16N6O/c1-12(13-5-3-2-4-6-13)21-18-22-16-8-7-14(15-10-19-20-11-15)9-17(16)24(25)23-18/h2-12H,1H3,(H,19,20)(H,21,22,23)/t12-/m1/s1. The first-order valence-electron chi connectivity index (χ1n) is 7.93. The lowest BCUT2D eigenvalue weighted by atomic mass is 10.1. The monoisotopic (exact) mass is 332 g/mol. The van der Waals surface area contributed by atoms with Gasteiger partial charge in [-0.15, -0.1) is 0 Å². The zero-order valence-corrected chi connectivity index (χ0v) is 13.5. The summed E-state index contributed by atoms with van der Waals surface area (Å²) < 4.78 is 0. The molecule has 2 aromatic carbocycles. The van der Waals surface area contributed by atoms with E-state index < -0.39 is 0 Å². The van der Waals surface area contributed by atoms with Gasteiger partial charge in [0.15, 0.2) is 0 Å². The molecule has 25 heavy (non-hydrogen) atoms. The second-order valence-corrected chi connectivity index (χ2v) is 5.78. The molecule has 0 aliphatic carbocycles. The van der Waals surface area contributed by atoms with Crippen molar-refractivity contribution in [1.29, 1.82) is 0 Å². The minimum absolute atomic E-state index is 0.0103. The maximum atomic E-state index is 12.3. The Bertz CT molecular complexity index is 1000. The summed E-state index contributed by atoms with van der Waals surface area (Å²) in [5, 5.41) is 26.2. The number of anilines is 1. The number of H-pyrrole nitrogens is 1. The van der Waals surface area contributed by atoms with Crippen molar-refractivity contribution in [3.05, 3.63) is 71.7 Å². The maximum Gasteiger partial charge on any atom is 0.291 e. The first kappa shape index (κ1) is 15.1. The van der Waals surface area contributed by atoms with Crippen molar-refractivity contribution in [2.45, 2.75) is 13.0 Å². The van der Waals surface area contributed by atoms with Gasteiger partial charge in [-0.3, -0.25) is 5.10 Å². The largest absolute Gasteiger partial charge is 0.594 e. The van der Waals surface area contributed by atoms with Crippen molar-refractivity contribution in [2.75, 3.05) is 5.32 Å². The van der Waals surface area contributed by atoms with Crippen LogP contribution in [-0.2, 0) is 0 Å². The number of nitrogens with zero attached hydrogens (tertiary/aromatic N) is 4. The molecule has 0 saturated heterocycles. The third-order valence-corrected chi connectivity index (χ3v) is 4.07. The summed E-state index contributed by atoms with van der Waals surface area (Å²) in [6.45, 7) is 2.00. The van der Waals surface area contributed by atoms with Gasteiger partial charge in [0.25, 0.3) is 11.5 Å². The van der Waals surface area contributed by atoms with Crippen LogP contribution in [0, 0.1) is 5.21 Å². The minimum Gasteiger partial charge on any atom is -0.594 e. The molecule has 0 radical (unpaired) electrons. The Labute approximate surface area is 143 Å². The van der Waals surface area contributed by atoms with Crippen LogP contribution in [0.2, 0.25) is 0 Å². The van der Waals surface area contributed by atoms with Gasteiger partial charge in [0, 0.05) is 17.8 Å². The zero-order chi connectivity index (χ0) is 17.2. The van der Waals surface area contributed by atoms with Crippen LogP contribution < -0.4 is 10.2 Å². The van der Waals surface area contributed by atoms with E-state index >= 15 is 0 Å². The fraction of sp³-hybridized carbons (Fsp3) is 0.111. The molecule has 124 valence electrons. The molecule has 0 bridgehead atoms. The summed E-state index contributed by atoms with van der Waals surface area (Å²) in [6.07, 6.45) is 3.48. The number of hydrogen-bond donors (Lipinski definition) is 2. The fourth-order valence-electron chi connectivity index (χ4n) is 2.72. The highest BCUT2D eigenvalue weighted by Gasteiger charge is 2.15. The molecule has 0 aliphatic heterocycles. The van der Waals surface area contributed by atoms with Crippen LogP contribution in [0.4, 0.5) is 5.95 Å². The fourth-order valence-corrected chi connectivity index (χ4v) is 2.72. The van der Waals surface area contributed by atoms with E-state index in [1.165, 1.54) is 0 Å². The molecule has 4 aromatic rings. The Morgan fingerprint density at radius 3 is 2.72 bits per heavy atom. The van der Waals surface area contributed by atoms with Crippen molar-refractivity contribution < 1.29 is 4.85 Å². The third-order valence-electron chi connectivity index (χ3n) is 4.07. The van der Waals surface area contributed by atoms with Gasteiger partial charge in [-0.1, -0.05) is 36.4 Å². The van der Waals surface area contributed by atoms with Crippen molar-refractivity contribution >= 4 is 17.0 Å². The molecule has 4 rings (SSSR count). The molecule has 7 heteroatoms. The predicted octanol–water partition coefficient (Wildman–Crippen LogP) is 2.83.